The summed E-state index contributed by atoms with van der Waals surface area (Å²) in [4.78, 5) is 36.2. The molecule has 0 bridgehead atoms. The highest BCUT2D eigenvalue weighted by molar-refractivity contribution is 6.32. The number of nitrogens with zero attached hydrogens (tertiary/aromatic N) is 1. The van der Waals surface area contributed by atoms with Crippen molar-refractivity contribution >= 4 is 45.0 Å². The molecule has 7 nitrogen and oxygen atoms in total. The van der Waals surface area contributed by atoms with E-state index >= 15 is 0 Å². The van der Waals surface area contributed by atoms with Gasteiger partial charge in [-0.1, -0.05) is 54.1 Å². The number of alkyl halides is 3. The molecule has 0 aliphatic rings. The molecule has 190 valence electrons. The third-order valence-corrected chi connectivity index (χ3v) is 6.09. The highest BCUT2D eigenvalue weighted by Crippen LogP contribution is 2.40. The molecule has 0 unspecified atom stereocenters. The highest BCUT2D eigenvalue weighted by Gasteiger charge is 2.39. The monoisotopic (exact) mass is 539 g/mol. The van der Waals surface area contributed by atoms with Gasteiger partial charge < -0.3 is 9.15 Å². The smallest absolute Gasteiger partial charge is 0.450 e. The summed E-state index contributed by atoms with van der Waals surface area (Å²) >= 11 is 5.75. The van der Waals surface area contributed by atoms with Crippen molar-refractivity contribution in [3.05, 3.63) is 116 Å². The summed E-state index contributed by atoms with van der Waals surface area (Å²) in [6.45, 7) is 0. The second-order valence-electron chi connectivity index (χ2n) is 8.13. The van der Waals surface area contributed by atoms with Gasteiger partial charge in [-0.2, -0.15) is 13.2 Å². The van der Waals surface area contributed by atoms with Crippen LogP contribution in [0.5, 0.6) is 5.75 Å². The molecule has 0 radical (unpaired) electrons. The number of nitro benzene ring substituents is 1. The van der Waals surface area contributed by atoms with Gasteiger partial charge in [-0.15, -0.1) is 0 Å². The van der Waals surface area contributed by atoms with E-state index in [1.54, 1.807) is 36.4 Å². The Labute approximate surface area is 215 Å². The molecule has 0 aliphatic carbocycles. The van der Waals surface area contributed by atoms with Gasteiger partial charge in [-0.05, 0) is 40.6 Å². The van der Waals surface area contributed by atoms with Crippen LogP contribution in [-0.4, -0.2) is 10.9 Å². The molecule has 11 heteroatoms. The molecule has 0 atom stereocenters. The fourth-order valence-electron chi connectivity index (χ4n) is 4.07. The molecule has 38 heavy (non-hydrogen) atoms. The predicted octanol–water partition coefficient (Wildman–Crippen LogP) is 7.41. The Hall–Kier alpha value is -4.70. The SMILES string of the molecule is O=C(Oc1ccc2c(=O)c(-c3cccc4ccccc34)c(C(F)(F)F)oc2c1)c1ccc(Cl)c([N+](=O)[O-])c1. The average molecular weight is 540 g/mol. The van der Waals surface area contributed by atoms with Crippen molar-refractivity contribution in [2.75, 3.05) is 0 Å². The fraction of sp³-hybridized carbons (Fsp3) is 0.0370. The van der Waals surface area contributed by atoms with Crippen molar-refractivity contribution in [1.82, 2.24) is 0 Å². The minimum absolute atomic E-state index is 0.0610. The van der Waals surface area contributed by atoms with Gasteiger partial charge in [0.1, 0.15) is 16.4 Å². The Kier molecular flexibility index (Phi) is 6.12. The fourth-order valence-corrected chi connectivity index (χ4v) is 4.26. The van der Waals surface area contributed by atoms with Gasteiger partial charge in [-0.3, -0.25) is 14.9 Å². The van der Waals surface area contributed by atoms with Crippen molar-refractivity contribution in [2.24, 2.45) is 0 Å². The zero-order valence-electron chi connectivity index (χ0n) is 18.9. The third-order valence-electron chi connectivity index (χ3n) is 5.77. The number of ether oxygens (including phenoxy) is 1. The molecule has 4 aromatic carbocycles. The van der Waals surface area contributed by atoms with E-state index in [9.17, 15) is 32.9 Å². The van der Waals surface area contributed by atoms with Crippen LogP contribution in [0.4, 0.5) is 18.9 Å². The summed E-state index contributed by atoms with van der Waals surface area (Å²) in [5.74, 6) is -2.77. The molecule has 1 aromatic heterocycles. The van der Waals surface area contributed by atoms with Crippen LogP contribution in [0, 0.1) is 10.1 Å². The van der Waals surface area contributed by atoms with Crippen molar-refractivity contribution in [1.29, 1.82) is 0 Å². The van der Waals surface area contributed by atoms with Crippen LogP contribution < -0.4 is 10.2 Å². The average Bonchev–Trinajstić information content (AvgIpc) is 2.88. The number of fused-ring (bicyclic) bond motifs is 2. The molecular weight excluding hydrogens is 527 g/mol. The molecule has 0 saturated heterocycles. The molecule has 0 saturated carbocycles. The van der Waals surface area contributed by atoms with Crippen molar-refractivity contribution in [3.63, 3.8) is 0 Å². The van der Waals surface area contributed by atoms with Crippen LogP contribution >= 0.6 is 11.6 Å². The van der Waals surface area contributed by atoms with Gasteiger partial charge in [0, 0.05) is 12.1 Å². The Morgan fingerprint density at radius 1 is 0.947 bits per heavy atom. The topological polar surface area (TPSA) is 99.7 Å². The minimum Gasteiger partial charge on any atom is -0.450 e. The number of esters is 1. The third kappa shape index (κ3) is 4.46. The second kappa shape index (κ2) is 9.31. The Balaban J connectivity index is 1.62. The van der Waals surface area contributed by atoms with Crippen LogP contribution in [-0.2, 0) is 6.18 Å². The largest absolute Gasteiger partial charge is 0.450 e. The van der Waals surface area contributed by atoms with Gasteiger partial charge >= 0.3 is 12.1 Å². The maximum atomic E-state index is 14.1. The lowest BCUT2D eigenvalue weighted by molar-refractivity contribution is -0.384. The van der Waals surface area contributed by atoms with E-state index in [-0.39, 0.29) is 27.3 Å². The molecule has 0 amide bonds. The number of hydrogen-bond donors (Lipinski definition) is 0. The number of nitro groups is 1. The highest BCUT2D eigenvalue weighted by atomic mass is 35.5. The van der Waals surface area contributed by atoms with Gasteiger partial charge in [0.15, 0.2) is 0 Å². The van der Waals surface area contributed by atoms with E-state index in [0.717, 1.165) is 18.2 Å². The maximum Gasteiger partial charge on any atom is 0.450 e. The molecule has 1 heterocycles. The van der Waals surface area contributed by atoms with E-state index in [2.05, 4.69) is 0 Å². The van der Waals surface area contributed by atoms with Gasteiger partial charge in [0.25, 0.3) is 5.69 Å². The molecule has 0 fully saturated rings. The number of rotatable bonds is 4. The van der Waals surface area contributed by atoms with E-state index < -0.39 is 45.1 Å². The summed E-state index contributed by atoms with van der Waals surface area (Å²) in [7, 11) is 0. The number of hydrogen-bond acceptors (Lipinski definition) is 6. The van der Waals surface area contributed by atoms with E-state index in [1.807, 2.05) is 0 Å². The summed E-state index contributed by atoms with van der Waals surface area (Å²) in [5.41, 5.74) is -2.70. The standard InChI is InChI=1S/C27H13ClF3NO6/c28-20-11-8-15(12-21(20)32(35)36)26(34)37-16-9-10-19-22(13-16)38-25(27(29,30)31)23(24(19)33)18-7-3-5-14-4-1-2-6-17(14)18/h1-13H. The lowest BCUT2D eigenvalue weighted by Crippen LogP contribution is -2.16. The Morgan fingerprint density at radius 2 is 1.68 bits per heavy atom. The predicted molar refractivity (Wildman–Crippen MR) is 133 cm³/mol. The lowest BCUT2D eigenvalue weighted by Gasteiger charge is -2.14. The quantitative estimate of drug-likeness (QED) is 0.102. The molecular formula is C27H13ClF3NO6. The number of carbonyl (C=O) groups is 1. The number of carbonyl (C=O) groups excluding carboxylic acids is 1. The van der Waals surface area contributed by atoms with Crippen molar-refractivity contribution in [2.45, 2.75) is 6.18 Å². The Bertz CT molecular complexity index is 1830. The number of halogens is 4. The van der Waals surface area contributed by atoms with Crippen LogP contribution in [0.2, 0.25) is 5.02 Å². The van der Waals surface area contributed by atoms with Gasteiger partial charge in [-0.25, -0.2) is 4.79 Å². The molecule has 5 rings (SSSR count). The summed E-state index contributed by atoms with van der Waals surface area (Å²) < 4.78 is 52.8. The molecule has 0 aliphatic heterocycles. The van der Waals surface area contributed by atoms with Gasteiger partial charge in [0.05, 0.1) is 21.4 Å². The van der Waals surface area contributed by atoms with Crippen molar-refractivity contribution < 1.29 is 32.0 Å². The molecule has 0 spiro atoms. The number of benzene rings is 4. The van der Waals surface area contributed by atoms with E-state index in [1.165, 1.54) is 24.3 Å². The second-order valence-corrected chi connectivity index (χ2v) is 8.54. The van der Waals surface area contributed by atoms with Crippen LogP contribution in [0.1, 0.15) is 16.1 Å². The molecule has 5 aromatic rings. The van der Waals surface area contributed by atoms with Crippen LogP contribution in [0.3, 0.4) is 0 Å². The first-order valence-corrected chi connectivity index (χ1v) is 11.2. The van der Waals surface area contributed by atoms with Crippen LogP contribution in [0.15, 0.2) is 88.1 Å². The summed E-state index contributed by atoms with van der Waals surface area (Å²) in [5, 5.41) is 11.8. The minimum atomic E-state index is -5.02. The van der Waals surface area contributed by atoms with E-state index in [0.29, 0.717) is 10.8 Å². The van der Waals surface area contributed by atoms with E-state index in [4.69, 9.17) is 20.8 Å². The zero-order valence-corrected chi connectivity index (χ0v) is 19.7. The maximum absolute atomic E-state index is 14.1. The zero-order chi connectivity index (χ0) is 27.2. The van der Waals surface area contributed by atoms with Crippen molar-refractivity contribution in [3.8, 4) is 16.9 Å². The molecule has 0 N–H and O–H groups in total. The normalized spacial score (nSPS) is 11.6. The van der Waals surface area contributed by atoms with Crippen LogP contribution in [0.25, 0.3) is 32.9 Å². The first-order chi connectivity index (χ1) is 18.0. The first kappa shape index (κ1) is 25.0. The summed E-state index contributed by atoms with van der Waals surface area (Å²) in [6.07, 6.45) is -5.02. The first-order valence-electron chi connectivity index (χ1n) is 10.9. The van der Waals surface area contributed by atoms with Gasteiger partial charge in [0.2, 0.25) is 11.2 Å². The summed E-state index contributed by atoms with van der Waals surface area (Å²) in [6, 6.07) is 18.0. The lowest BCUT2D eigenvalue weighted by atomic mass is 9.96. The Morgan fingerprint density at radius 3 is 2.42 bits per heavy atom.